The van der Waals surface area contributed by atoms with Crippen molar-refractivity contribution in [2.24, 2.45) is 0 Å². The number of halogens is 1. The standard InChI is InChI=1S/C12H12BrN3O3/c13-11-9-15(14-12(11)16(17)18)7-4-8-19-10-5-2-1-3-6-10/h1-3,5-6,9H,4,7-8H2. The molecule has 1 aromatic heterocycles. The van der Waals surface area contributed by atoms with Crippen molar-refractivity contribution in [3.8, 4) is 5.75 Å². The van der Waals surface area contributed by atoms with Gasteiger partial charge < -0.3 is 14.9 Å². The highest BCUT2D eigenvalue weighted by Gasteiger charge is 2.17. The molecule has 0 aliphatic carbocycles. The van der Waals surface area contributed by atoms with Crippen LogP contribution in [-0.2, 0) is 6.54 Å². The molecule has 0 saturated heterocycles. The Morgan fingerprint density at radius 1 is 1.37 bits per heavy atom. The molecule has 6 nitrogen and oxygen atoms in total. The zero-order chi connectivity index (χ0) is 13.7. The van der Waals surface area contributed by atoms with E-state index < -0.39 is 4.92 Å². The molecule has 100 valence electrons. The van der Waals surface area contributed by atoms with E-state index >= 15 is 0 Å². The summed E-state index contributed by atoms with van der Waals surface area (Å²) in [5.74, 6) is 0.652. The van der Waals surface area contributed by atoms with E-state index in [-0.39, 0.29) is 5.82 Å². The Kier molecular flexibility index (Phi) is 4.51. The molecule has 19 heavy (non-hydrogen) atoms. The van der Waals surface area contributed by atoms with E-state index in [2.05, 4.69) is 21.0 Å². The maximum absolute atomic E-state index is 10.6. The van der Waals surface area contributed by atoms with Gasteiger partial charge in [-0.15, -0.1) is 0 Å². The van der Waals surface area contributed by atoms with Crippen molar-refractivity contribution >= 4 is 21.7 Å². The molecule has 0 radical (unpaired) electrons. The van der Waals surface area contributed by atoms with E-state index in [1.165, 1.54) is 4.68 Å². The van der Waals surface area contributed by atoms with Crippen LogP contribution in [0, 0.1) is 10.1 Å². The van der Waals surface area contributed by atoms with E-state index in [0.29, 0.717) is 17.6 Å². The fourth-order valence-electron chi connectivity index (χ4n) is 1.56. The number of hydrogen-bond donors (Lipinski definition) is 0. The molecule has 7 heteroatoms. The van der Waals surface area contributed by atoms with Gasteiger partial charge in [0.2, 0.25) is 0 Å². The molecule has 0 unspecified atom stereocenters. The molecule has 0 saturated carbocycles. The van der Waals surface area contributed by atoms with Crippen molar-refractivity contribution in [2.45, 2.75) is 13.0 Å². The first-order valence-electron chi connectivity index (χ1n) is 5.72. The molecular weight excluding hydrogens is 314 g/mol. The Labute approximate surface area is 118 Å². The zero-order valence-electron chi connectivity index (χ0n) is 10.0. The Balaban J connectivity index is 1.80. The van der Waals surface area contributed by atoms with Crippen LogP contribution in [0.15, 0.2) is 41.0 Å². The molecule has 0 atom stereocenters. The van der Waals surface area contributed by atoms with Gasteiger partial charge in [-0.3, -0.25) is 0 Å². The van der Waals surface area contributed by atoms with Gasteiger partial charge in [0.1, 0.15) is 10.2 Å². The third-order valence-electron chi connectivity index (χ3n) is 2.42. The highest BCUT2D eigenvalue weighted by molar-refractivity contribution is 9.10. The number of hydrogen-bond acceptors (Lipinski definition) is 4. The number of nitro groups is 1. The summed E-state index contributed by atoms with van der Waals surface area (Å²) in [4.78, 5) is 10.1. The van der Waals surface area contributed by atoms with Gasteiger partial charge in [0.15, 0.2) is 0 Å². The van der Waals surface area contributed by atoms with Crippen LogP contribution in [0.5, 0.6) is 5.75 Å². The summed E-state index contributed by atoms with van der Waals surface area (Å²) in [6, 6.07) is 9.50. The molecular formula is C12H12BrN3O3. The Hall–Kier alpha value is -1.89. The minimum atomic E-state index is -0.513. The number of nitrogens with zero attached hydrogens (tertiary/aromatic N) is 3. The van der Waals surface area contributed by atoms with Gasteiger partial charge in [-0.2, -0.15) is 4.68 Å². The van der Waals surface area contributed by atoms with Crippen LogP contribution in [0.25, 0.3) is 0 Å². The third-order valence-corrected chi connectivity index (χ3v) is 2.97. The molecule has 0 spiro atoms. The number of aryl methyl sites for hydroxylation is 1. The van der Waals surface area contributed by atoms with Crippen LogP contribution in [0.4, 0.5) is 5.82 Å². The lowest BCUT2D eigenvalue weighted by atomic mass is 10.3. The first-order chi connectivity index (χ1) is 9.16. The van der Waals surface area contributed by atoms with E-state index in [1.54, 1.807) is 6.20 Å². The summed E-state index contributed by atoms with van der Waals surface area (Å²) >= 11 is 3.11. The molecule has 1 heterocycles. The largest absolute Gasteiger partial charge is 0.494 e. The molecule has 0 aliphatic heterocycles. The second-order valence-electron chi connectivity index (χ2n) is 3.84. The highest BCUT2D eigenvalue weighted by atomic mass is 79.9. The van der Waals surface area contributed by atoms with Crippen LogP contribution in [0.1, 0.15) is 6.42 Å². The topological polar surface area (TPSA) is 70.2 Å². The van der Waals surface area contributed by atoms with Gasteiger partial charge in [-0.05, 0) is 33.0 Å². The van der Waals surface area contributed by atoms with Crippen LogP contribution in [0.3, 0.4) is 0 Å². The minimum absolute atomic E-state index is 0.163. The lowest BCUT2D eigenvalue weighted by Gasteiger charge is -2.04. The fourth-order valence-corrected chi connectivity index (χ4v) is 2.02. The van der Waals surface area contributed by atoms with Crippen molar-refractivity contribution in [1.82, 2.24) is 9.78 Å². The lowest BCUT2D eigenvalue weighted by molar-refractivity contribution is -0.390. The Bertz CT molecular complexity index is 557. The first-order valence-corrected chi connectivity index (χ1v) is 6.51. The molecule has 2 rings (SSSR count). The number of ether oxygens (including phenoxy) is 1. The van der Waals surface area contributed by atoms with Crippen LogP contribution in [-0.4, -0.2) is 21.3 Å². The Morgan fingerprint density at radius 2 is 2.11 bits per heavy atom. The van der Waals surface area contributed by atoms with E-state index in [1.807, 2.05) is 30.3 Å². The van der Waals surface area contributed by atoms with Crippen LogP contribution < -0.4 is 4.74 Å². The van der Waals surface area contributed by atoms with Gasteiger partial charge in [-0.25, -0.2) is 0 Å². The monoisotopic (exact) mass is 325 g/mol. The molecule has 1 aromatic carbocycles. The first kappa shape index (κ1) is 13.5. The summed E-state index contributed by atoms with van der Waals surface area (Å²) in [5, 5.41) is 14.5. The average Bonchev–Trinajstić information content (AvgIpc) is 2.77. The van der Waals surface area contributed by atoms with Gasteiger partial charge in [-0.1, -0.05) is 18.2 Å². The summed E-state index contributed by atoms with van der Waals surface area (Å²) in [7, 11) is 0. The van der Waals surface area contributed by atoms with Crippen molar-refractivity contribution in [1.29, 1.82) is 0 Å². The van der Waals surface area contributed by atoms with Crippen molar-refractivity contribution in [3.63, 3.8) is 0 Å². The van der Waals surface area contributed by atoms with E-state index in [4.69, 9.17) is 4.74 Å². The predicted octanol–water partition coefficient (Wildman–Crippen LogP) is 3.02. The number of aromatic nitrogens is 2. The molecule has 0 amide bonds. The van der Waals surface area contributed by atoms with Gasteiger partial charge in [0, 0.05) is 6.42 Å². The maximum Gasteiger partial charge on any atom is 0.404 e. The molecule has 0 fully saturated rings. The van der Waals surface area contributed by atoms with Crippen molar-refractivity contribution in [2.75, 3.05) is 6.61 Å². The van der Waals surface area contributed by atoms with Gasteiger partial charge in [0.05, 0.1) is 24.4 Å². The minimum Gasteiger partial charge on any atom is -0.494 e. The maximum atomic E-state index is 10.6. The predicted molar refractivity (Wildman–Crippen MR) is 73.1 cm³/mol. The van der Waals surface area contributed by atoms with Crippen LogP contribution in [0.2, 0.25) is 0 Å². The van der Waals surface area contributed by atoms with Gasteiger partial charge >= 0.3 is 5.82 Å². The van der Waals surface area contributed by atoms with E-state index in [0.717, 1.165) is 12.2 Å². The smallest absolute Gasteiger partial charge is 0.404 e. The summed E-state index contributed by atoms with van der Waals surface area (Å²) in [6.45, 7) is 1.11. The second-order valence-corrected chi connectivity index (χ2v) is 4.69. The van der Waals surface area contributed by atoms with E-state index in [9.17, 15) is 10.1 Å². The SMILES string of the molecule is O=[N+]([O-])c1nn(CCCOc2ccccc2)cc1Br. The highest BCUT2D eigenvalue weighted by Crippen LogP contribution is 2.22. The van der Waals surface area contributed by atoms with Crippen molar-refractivity contribution in [3.05, 3.63) is 51.1 Å². The third kappa shape index (κ3) is 3.78. The van der Waals surface area contributed by atoms with Gasteiger partial charge in [0.25, 0.3) is 0 Å². The molecule has 0 bridgehead atoms. The summed E-state index contributed by atoms with van der Waals surface area (Å²) < 4.78 is 7.45. The second kappa shape index (κ2) is 6.33. The molecule has 0 aliphatic rings. The molecule has 2 aromatic rings. The number of benzene rings is 1. The summed E-state index contributed by atoms with van der Waals surface area (Å²) in [6.07, 6.45) is 2.32. The molecule has 0 N–H and O–H groups in total. The van der Waals surface area contributed by atoms with Crippen LogP contribution >= 0.6 is 15.9 Å². The van der Waals surface area contributed by atoms with Crippen molar-refractivity contribution < 1.29 is 9.66 Å². The normalized spacial score (nSPS) is 10.4. The quantitative estimate of drug-likeness (QED) is 0.465. The Morgan fingerprint density at radius 3 is 2.74 bits per heavy atom. The lowest BCUT2D eigenvalue weighted by Crippen LogP contribution is -2.05. The average molecular weight is 326 g/mol. The number of rotatable bonds is 6. The number of para-hydroxylation sites is 1. The zero-order valence-corrected chi connectivity index (χ0v) is 11.6. The summed E-state index contributed by atoms with van der Waals surface area (Å²) in [5.41, 5.74) is 0. The fraction of sp³-hybridized carbons (Fsp3) is 0.250.